The lowest BCUT2D eigenvalue weighted by atomic mass is 10.2. The second-order valence-electron chi connectivity index (χ2n) is 5.52. The summed E-state index contributed by atoms with van der Waals surface area (Å²) in [5.41, 5.74) is 1.01. The molecule has 2 heterocycles. The molecule has 2 aromatic rings. The molecule has 0 N–H and O–H groups in total. The molecule has 1 fully saturated rings. The van der Waals surface area contributed by atoms with Crippen LogP contribution < -0.4 is 0 Å². The minimum absolute atomic E-state index is 0.0475. The normalized spacial score (nSPS) is 16.3. The maximum Gasteiger partial charge on any atom is 0.244 e. The van der Waals surface area contributed by atoms with Crippen LogP contribution in [-0.2, 0) is 21.2 Å². The van der Waals surface area contributed by atoms with E-state index in [0.717, 1.165) is 5.56 Å². The summed E-state index contributed by atoms with van der Waals surface area (Å²) in [6.07, 6.45) is 0.375. The molecule has 0 spiro atoms. The number of hydrogen-bond acceptors (Lipinski definition) is 4. The summed E-state index contributed by atoms with van der Waals surface area (Å²) in [5.74, 6) is 0.0475. The highest BCUT2D eigenvalue weighted by Crippen LogP contribution is 2.25. The van der Waals surface area contributed by atoms with Gasteiger partial charge in [0.25, 0.3) is 0 Å². The van der Waals surface area contributed by atoms with Gasteiger partial charge in [0.1, 0.15) is 0 Å². The van der Waals surface area contributed by atoms with Crippen LogP contribution in [0.4, 0.5) is 0 Å². The molecule has 0 saturated carbocycles. The number of carbonyl (C=O) groups is 1. The molecule has 8 heteroatoms. The summed E-state index contributed by atoms with van der Waals surface area (Å²) >= 11 is 4.87. The fourth-order valence-electron chi connectivity index (χ4n) is 2.65. The van der Waals surface area contributed by atoms with Crippen LogP contribution >= 0.6 is 27.3 Å². The monoisotopic (exact) mass is 428 g/mol. The van der Waals surface area contributed by atoms with Gasteiger partial charge in [-0.05, 0) is 50.5 Å². The molecule has 24 heavy (non-hydrogen) atoms. The number of amides is 1. The van der Waals surface area contributed by atoms with Crippen molar-refractivity contribution in [2.45, 2.75) is 11.3 Å². The number of thiophene rings is 1. The van der Waals surface area contributed by atoms with Crippen LogP contribution in [0.15, 0.2) is 50.5 Å². The molecular formula is C16H17BrN2O3S2. The average molecular weight is 429 g/mol. The summed E-state index contributed by atoms with van der Waals surface area (Å²) in [6.45, 7) is 1.48. The first-order valence-corrected chi connectivity index (χ1v) is 10.7. The van der Waals surface area contributed by atoms with Crippen molar-refractivity contribution in [3.8, 4) is 0 Å². The first kappa shape index (κ1) is 17.6. The molecule has 3 rings (SSSR count). The van der Waals surface area contributed by atoms with Gasteiger partial charge < -0.3 is 4.90 Å². The van der Waals surface area contributed by atoms with Crippen LogP contribution in [0, 0.1) is 0 Å². The molecule has 0 aliphatic carbocycles. The molecule has 1 aromatic carbocycles. The third-order valence-electron chi connectivity index (χ3n) is 3.98. The standard InChI is InChI=1S/C16H17BrN2O3S2/c17-14-3-1-2-4-15(14)24(21,22)19-8-6-18(7-9-19)16(20)11-13-5-10-23-12-13/h1-5,10,12H,6-9,11H2. The summed E-state index contributed by atoms with van der Waals surface area (Å²) < 4.78 is 27.5. The second kappa shape index (κ2) is 7.35. The highest BCUT2D eigenvalue weighted by molar-refractivity contribution is 9.10. The Kier molecular flexibility index (Phi) is 5.39. The van der Waals surface area contributed by atoms with Crippen molar-refractivity contribution in [2.24, 2.45) is 0 Å². The van der Waals surface area contributed by atoms with Gasteiger partial charge in [-0.25, -0.2) is 8.42 Å². The third kappa shape index (κ3) is 3.72. The van der Waals surface area contributed by atoms with E-state index in [1.54, 1.807) is 40.5 Å². The van der Waals surface area contributed by atoms with Crippen molar-refractivity contribution >= 4 is 43.2 Å². The molecule has 1 aliphatic rings. The van der Waals surface area contributed by atoms with E-state index in [9.17, 15) is 13.2 Å². The third-order valence-corrected chi connectivity index (χ3v) is 7.62. The average Bonchev–Trinajstić information content (AvgIpc) is 3.08. The van der Waals surface area contributed by atoms with Crippen LogP contribution in [-0.4, -0.2) is 49.7 Å². The maximum atomic E-state index is 12.7. The largest absolute Gasteiger partial charge is 0.340 e. The lowest BCUT2D eigenvalue weighted by Gasteiger charge is -2.34. The number of hydrogen-bond donors (Lipinski definition) is 0. The predicted octanol–water partition coefficient (Wildman–Crippen LogP) is 2.59. The Balaban J connectivity index is 1.64. The Labute approximate surface area is 154 Å². The van der Waals surface area contributed by atoms with Crippen molar-refractivity contribution in [3.05, 3.63) is 51.1 Å². The zero-order chi connectivity index (χ0) is 17.2. The van der Waals surface area contributed by atoms with Crippen LogP contribution in [0.3, 0.4) is 0 Å². The minimum atomic E-state index is -3.54. The van der Waals surface area contributed by atoms with Gasteiger partial charge in [0.05, 0.1) is 11.3 Å². The number of benzene rings is 1. The highest BCUT2D eigenvalue weighted by Gasteiger charge is 2.31. The van der Waals surface area contributed by atoms with Crippen molar-refractivity contribution in [2.75, 3.05) is 26.2 Å². The van der Waals surface area contributed by atoms with Gasteiger partial charge >= 0.3 is 0 Å². The molecule has 1 saturated heterocycles. The molecule has 1 aromatic heterocycles. The molecule has 0 atom stereocenters. The Morgan fingerprint density at radius 3 is 2.46 bits per heavy atom. The SMILES string of the molecule is O=C(Cc1ccsc1)N1CCN(S(=O)(=O)c2ccccc2Br)CC1. The van der Waals surface area contributed by atoms with Crippen LogP contribution in [0.5, 0.6) is 0 Å². The van der Waals surface area contributed by atoms with Crippen molar-refractivity contribution in [1.82, 2.24) is 9.21 Å². The van der Waals surface area contributed by atoms with Crippen molar-refractivity contribution in [1.29, 1.82) is 0 Å². The maximum absolute atomic E-state index is 12.7. The first-order chi connectivity index (χ1) is 11.5. The molecule has 128 valence electrons. The van der Waals surface area contributed by atoms with E-state index in [0.29, 0.717) is 37.1 Å². The van der Waals surface area contributed by atoms with Crippen molar-refractivity contribution < 1.29 is 13.2 Å². The number of carbonyl (C=O) groups excluding carboxylic acids is 1. The number of halogens is 1. The molecule has 0 unspecified atom stereocenters. The predicted molar refractivity (Wildman–Crippen MR) is 97.5 cm³/mol. The molecule has 0 bridgehead atoms. The summed E-state index contributed by atoms with van der Waals surface area (Å²) in [7, 11) is -3.54. The van der Waals surface area contributed by atoms with E-state index in [-0.39, 0.29) is 10.8 Å². The fourth-order valence-corrected chi connectivity index (χ4v) is 5.70. The van der Waals surface area contributed by atoms with Gasteiger partial charge in [-0.3, -0.25) is 4.79 Å². The smallest absolute Gasteiger partial charge is 0.244 e. The van der Waals surface area contributed by atoms with E-state index >= 15 is 0 Å². The van der Waals surface area contributed by atoms with Gasteiger partial charge in [0.2, 0.25) is 15.9 Å². The minimum Gasteiger partial charge on any atom is -0.340 e. The van der Waals surface area contributed by atoms with E-state index in [1.807, 2.05) is 16.8 Å². The van der Waals surface area contributed by atoms with Gasteiger partial charge in [0.15, 0.2) is 0 Å². The topological polar surface area (TPSA) is 57.7 Å². The zero-order valence-corrected chi connectivity index (χ0v) is 16.1. The molecule has 5 nitrogen and oxygen atoms in total. The number of sulfonamides is 1. The van der Waals surface area contributed by atoms with Crippen molar-refractivity contribution in [3.63, 3.8) is 0 Å². The fraction of sp³-hybridized carbons (Fsp3) is 0.312. The molecule has 0 radical (unpaired) electrons. The van der Waals surface area contributed by atoms with Gasteiger partial charge in [-0.2, -0.15) is 15.6 Å². The first-order valence-electron chi connectivity index (χ1n) is 7.52. The quantitative estimate of drug-likeness (QED) is 0.751. The van der Waals surface area contributed by atoms with Gasteiger partial charge in [-0.15, -0.1) is 0 Å². The van der Waals surface area contributed by atoms with Gasteiger partial charge in [-0.1, -0.05) is 12.1 Å². The Morgan fingerprint density at radius 1 is 1.12 bits per heavy atom. The zero-order valence-electron chi connectivity index (χ0n) is 12.9. The summed E-state index contributed by atoms with van der Waals surface area (Å²) in [4.78, 5) is 14.3. The second-order valence-corrected chi connectivity index (χ2v) is 9.06. The van der Waals surface area contributed by atoms with E-state index in [2.05, 4.69) is 15.9 Å². The number of nitrogens with zero attached hydrogens (tertiary/aromatic N) is 2. The van der Waals surface area contributed by atoms with Crippen LogP contribution in [0.25, 0.3) is 0 Å². The lowest BCUT2D eigenvalue weighted by molar-refractivity contribution is -0.131. The lowest BCUT2D eigenvalue weighted by Crippen LogP contribution is -2.50. The summed E-state index contributed by atoms with van der Waals surface area (Å²) in [6, 6.07) is 8.74. The Hall–Kier alpha value is -1.22. The Morgan fingerprint density at radius 2 is 1.83 bits per heavy atom. The van der Waals surface area contributed by atoms with Crippen LogP contribution in [0.1, 0.15) is 5.56 Å². The molecule has 1 aliphatic heterocycles. The van der Waals surface area contributed by atoms with Crippen LogP contribution in [0.2, 0.25) is 0 Å². The Bertz CT molecular complexity index is 814. The van der Waals surface area contributed by atoms with E-state index < -0.39 is 10.0 Å². The van der Waals surface area contributed by atoms with Gasteiger partial charge in [0, 0.05) is 30.7 Å². The number of rotatable bonds is 4. The summed E-state index contributed by atoms with van der Waals surface area (Å²) in [5, 5.41) is 3.91. The highest BCUT2D eigenvalue weighted by atomic mass is 79.9. The number of piperazine rings is 1. The van der Waals surface area contributed by atoms with E-state index in [4.69, 9.17) is 0 Å². The van der Waals surface area contributed by atoms with E-state index in [1.165, 1.54) is 4.31 Å². The molecular weight excluding hydrogens is 412 g/mol. The molecule has 1 amide bonds.